The monoisotopic (exact) mass is 403 g/mol. The molecule has 1 unspecified atom stereocenters. The van der Waals surface area contributed by atoms with Crippen molar-refractivity contribution in [1.82, 2.24) is 10.4 Å². The SMILES string of the molecule is O=C(NO)c1ccc2c(c1)OCC(c1ccccc1)N(C(=O)Nc1ccccc1)C2. The van der Waals surface area contributed by atoms with Crippen LogP contribution in [0.5, 0.6) is 5.75 Å². The molecule has 3 N–H and O–H groups in total. The Balaban J connectivity index is 1.67. The topological polar surface area (TPSA) is 90.9 Å². The zero-order chi connectivity index (χ0) is 20.9. The summed E-state index contributed by atoms with van der Waals surface area (Å²) in [5, 5.41) is 11.8. The first-order valence-electron chi connectivity index (χ1n) is 9.53. The van der Waals surface area contributed by atoms with Gasteiger partial charge < -0.3 is 15.0 Å². The number of carbonyl (C=O) groups excluding carboxylic acids is 2. The van der Waals surface area contributed by atoms with Gasteiger partial charge in [-0.15, -0.1) is 0 Å². The van der Waals surface area contributed by atoms with Crippen LogP contribution >= 0.6 is 0 Å². The fourth-order valence-electron chi connectivity index (χ4n) is 3.46. The third-order valence-corrected chi connectivity index (χ3v) is 5.01. The van der Waals surface area contributed by atoms with E-state index in [0.717, 1.165) is 11.1 Å². The highest BCUT2D eigenvalue weighted by atomic mass is 16.5. The summed E-state index contributed by atoms with van der Waals surface area (Å²) >= 11 is 0. The smallest absolute Gasteiger partial charge is 0.322 e. The molecule has 152 valence electrons. The molecule has 3 amide bonds. The number of carbonyl (C=O) groups is 2. The average Bonchev–Trinajstić information content (AvgIpc) is 2.99. The summed E-state index contributed by atoms with van der Waals surface area (Å²) in [6.07, 6.45) is 0. The van der Waals surface area contributed by atoms with Gasteiger partial charge in [-0.05, 0) is 29.8 Å². The summed E-state index contributed by atoms with van der Waals surface area (Å²) in [6.45, 7) is 0.526. The number of hydroxylamine groups is 1. The molecular formula is C23H21N3O4. The molecule has 1 heterocycles. The van der Waals surface area contributed by atoms with E-state index in [1.54, 1.807) is 28.6 Å². The summed E-state index contributed by atoms with van der Waals surface area (Å²) in [6, 6.07) is 23.3. The number of hydrogen-bond acceptors (Lipinski definition) is 4. The first kappa shape index (κ1) is 19.5. The summed E-state index contributed by atoms with van der Waals surface area (Å²) in [4.78, 5) is 26.7. The molecule has 0 fully saturated rings. The Hall–Kier alpha value is -3.84. The van der Waals surface area contributed by atoms with Crippen molar-refractivity contribution < 1.29 is 19.5 Å². The van der Waals surface area contributed by atoms with Gasteiger partial charge in [-0.1, -0.05) is 54.6 Å². The van der Waals surface area contributed by atoms with Crippen molar-refractivity contribution in [2.24, 2.45) is 0 Å². The Morgan fingerprint density at radius 2 is 1.67 bits per heavy atom. The highest BCUT2D eigenvalue weighted by Crippen LogP contribution is 2.32. The predicted molar refractivity (Wildman–Crippen MR) is 111 cm³/mol. The van der Waals surface area contributed by atoms with Gasteiger partial charge in [0.15, 0.2) is 0 Å². The molecule has 1 aliphatic rings. The molecule has 3 aromatic rings. The largest absolute Gasteiger partial charge is 0.491 e. The van der Waals surface area contributed by atoms with Crippen molar-refractivity contribution in [1.29, 1.82) is 0 Å². The molecule has 3 aromatic carbocycles. The van der Waals surface area contributed by atoms with Crippen LogP contribution in [-0.2, 0) is 6.54 Å². The molecule has 30 heavy (non-hydrogen) atoms. The van der Waals surface area contributed by atoms with E-state index in [4.69, 9.17) is 9.94 Å². The third kappa shape index (κ3) is 4.11. The van der Waals surface area contributed by atoms with Crippen molar-refractivity contribution in [2.75, 3.05) is 11.9 Å². The quantitative estimate of drug-likeness (QED) is 0.456. The van der Waals surface area contributed by atoms with E-state index in [0.29, 0.717) is 18.0 Å². The van der Waals surface area contributed by atoms with Crippen molar-refractivity contribution >= 4 is 17.6 Å². The number of hydrogen-bond donors (Lipinski definition) is 3. The van der Waals surface area contributed by atoms with Crippen LogP contribution in [0.1, 0.15) is 27.5 Å². The number of benzene rings is 3. The van der Waals surface area contributed by atoms with E-state index in [-0.39, 0.29) is 24.2 Å². The Morgan fingerprint density at radius 1 is 0.967 bits per heavy atom. The summed E-state index contributed by atoms with van der Waals surface area (Å²) in [5.74, 6) is -0.115. The lowest BCUT2D eigenvalue weighted by Crippen LogP contribution is -2.38. The van der Waals surface area contributed by atoms with Gasteiger partial charge in [0.25, 0.3) is 5.91 Å². The lowest BCUT2D eigenvalue weighted by atomic mass is 10.1. The second-order valence-electron chi connectivity index (χ2n) is 6.92. The molecule has 0 spiro atoms. The zero-order valence-corrected chi connectivity index (χ0v) is 16.1. The lowest BCUT2D eigenvalue weighted by molar-refractivity contribution is 0.0706. The van der Waals surface area contributed by atoms with E-state index in [2.05, 4.69) is 5.32 Å². The van der Waals surface area contributed by atoms with Gasteiger partial charge in [0.1, 0.15) is 12.4 Å². The second kappa shape index (κ2) is 8.67. The molecule has 0 saturated carbocycles. The minimum atomic E-state index is -0.621. The van der Waals surface area contributed by atoms with Crippen LogP contribution in [0.3, 0.4) is 0 Å². The second-order valence-corrected chi connectivity index (χ2v) is 6.92. The van der Waals surface area contributed by atoms with E-state index >= 15 is 0 Å². The molecule has 0 bridgehead atoms. The van der Waals surface area contributed by atoms with E-state index in [9.17, 15) is 9.59 Å². The number of amides is 3. The Labute approximate surface area is 173 Å². The van der Waals surface area contributed by atoms with Crippen molar-refractivity contribution in [3.05, 3.63) is 95.6 Å². The minimum Gasteiger partial charge on any atom is -0.491 e. The first-order chi connectivity index (χ1) is 14.7. The molecule has 0 aromatic heterocycles. The number of urea groups is 1. The van der Waals surface area contributed by atoms with Crippen LogP contribution in [0.25, 0.3) is 0 Å². The van der Waals surface area contributed by atoms with Gasteiger partial charge in [0, 0.05) is 16.8 Å². The van der Waals surface area contributed by atoms with Crippen LogP contribution in [0.2, 0.25) is 0 Å². The standard InChI is InChI=1S/C23H21N3O4/c27-22(25-29)17-11-12-18-14-26(23(28)24-19-9-5-2-6-10-19)20(15-30-21(18)13-17)16-7-3-1-4-8-16/h1-13,20,29H,14-15H2,(H,24,28)(H,25,27). The maximum atomic E-state index is 13.2. The van der Waals surface area contributed by atoms with Crippen molar-refractivity contribution in [3.63, 3.8) is 0 Å². The van der Waals surface area contributed by atoms with Gasteiger partial charge in [-0.2, -0.15) is 0 Å². The fourth-order valence-corrected chi connectivity index (χ4v) is 3.46. The van der Waals surface area contributed by atoms with Crippen LogP contribution in [-0.4, -0.2) is 28.7 Å². The molecule has 4 rings (SSSR count). The molecule has 0 aliphatic carbocycles. The average molecular weight is 403 g/mol. The zero-order valence-electron chi connectivity index (χ0n) is 16.1. The van der Waals surface area contributed by atoms with Gasteiger partial charge in [-0.3, -0.25) is 10.0 Å². The summed E-state index contributed by atoms with van der Waals surface area (Å²) in [7, 11) is 0. The Bertz CT molecular complexity index is 1040. The maximum absolute atomic E-state index is 13.2. The highest BCUT2D eigenvalue weighted by Gasteiger charge is 2.30. The van der Waals surface area contributed by atoms with Crippen LogP contribution in [0.4, 0.5) is 10.5 Å². The molecule has 7 heteroatoms. The van der Waals surface area contributed by atoms with Crippen LogP contribution in [0, 0.1) is 0 Å². The van der Waals surface area contributed by atoms with E-state index in [1.807, 2.05) is 60.7 Å². The van der Waals surface area contributed by atoms with E-state index in [1.165, 1.54) is 0 Å². The summed E-state index contributed by atoms with van der Waals surface area (Å²) in [5.41, 5.74) is 4.32. The van der Waals surface area contributed by atoms with Gasteiger partial charge >= 0.3 is 6.03 Å². The predicted octanol–water partition coefficient (Wildman–Crippen LogP) is 3.97. The molecule has 7 nitrogen and oxygen atoms in total. The number of para-hydroxylation sites is 1. The number of fused-ring (bicyclic) bond motifs is 1. The van der Waals surface area contributed by atoms with Crippen molar-refractivity contribution in [2.45, 2.75) is 12.6 Å². The maximum Gasteiger partial charge on any atom is 0.322 e. The van der Waals surface area contributed by atoms with Gasteiger partial charge in [0.05, 0.1) is 12.6 Å². The Morgan fingerprint density at radius 3 is 2.37 bits per heavy atom. The number of ether oxygens (including phenoxy) is 1. The number of anilines is 1. The normalized spacial score (nSPS) is 15.4. The number of nitrogens with zero attached hydrogens (tertiary/aromatic N) is 1. The van der Waals surface area contributed by atoms with Crippen LogP contribution in [0.15, 0.2) is 78.9 Å². The molecule has 1 aliphatic heterocycles. The highest BCUT2D eigenvalue weighted by molar-refractivity contribution is 5.94. The summed E-state index contributed by atoms with van der Waals surface area (Å²) < 4.78 is 6.00. The van der Waals surface area contributed by atoms with Gasteiger partial charge in [-0.25, -0.2) is 10.3 Å². The molecular weight excluding hydrogens is 382 g/mol. The van der Waals surface area contributed by atoms with E-state index < -0.39 is 5.91 Å². The molecule has 0 saturated heterocycles. The number of rotatable bonds is 3. The first-order valence-corrected chi connectivity index (χ1v) is 9.53. The number of nitrogens with one attached hydrogen (secondary N) is 2. The van der Waals surface area contributed by atoms with Crippen molar-refractivity contribution in [3.8, 4) is 5.75 Å². The molecule has 0 radical (unpaired) electrons. The molecule has 1 atom stereocenters. The Kier molecular flexibility index (Phi) is 5.63. The third-order valence-electron chi connectivity index (χ3n) is 5.01. The van der Waals surface area contributed by atoms with Crippen LogP contribution < -0.4 is 15.5 Å². The van der Waals surface area contributed by atoms with Gasteiger partial charge in [0.2, 0.25) is 0 Å². The fraction of sp³-hybridized carbons (Fsp3) is 0.130. The minimum absolute atomic E-state index is 0.226. The lowest BCUT2D eigenvalue weighted by Gasteiger charge is -2.29.